The first kappa shape index (κ1) is 26.3. The monoisotopic (exact) mass is 502 g/mol. The number of nitrogens with one attached hydrogen (secondary N) is 3. The van der Waals surface area contributed by atoms with Gasteiger partial charge in [0.25, 0.3) is 0 Å². The Labute approximate surface area is 217 Å². The zero-order chi connectivity index (χ0) is 26.0. The lowest BCUT2D eigenvalue weighted by atomic mass is 9.96. The maximum Gasteiger partial charge on any atom is 0.238 e. The molecule has 3 N–H and O–H groups in total. The number of ether oxygens (including phenoxy) is 1. The number of carbonyl (C=O) groups is 1. The SMILES string of the molecule is COCC(C)NCC(=O)Nc1ccc(Nc2nccc(-c3cnn(C(CC#N)C4CCCC4)c3)n2)cc1. The molecule has 1 aromatic carbocycles. The third-order valence-corrected chi connectivity index (χ3v) is 6.59. The van der Waals surface area contributed by atoms with E-state index in [-0.39, 0.29) is 24.5 Å². The molecule has 0 aliphatic heterocycles. The summed E-state index contributed by atoms with van der Waals surface area (Å²) < 4.78 is 7.00. The van der Waals surface area contributed by atoms with Crippen molar-refractivity contribution >= 4 is 23.2 Å². The van der Waals surface area contributed by atoms with Gasteiger partial charge in [0.05, 0.1) is 43.6 Å². The van der Waals surface area contributed by atoms with Gasteiger partial charge in [-0.2, -0.15) is 10.4 Å². The van der Waals surface area contributed by atoms with Crippen LogP contribution in [0.15, 0.2) is 48.9 Å². The van der Waals surface area contributed by atoms with Crippen molar-refractivity contribution in [1.82, 2.24) is 25.1 Å². The van der Waals surface area contributed by atoms with Crippen molar-refractivity contribution in [3.8, 4) is 17.3 Å². The van der Waals surface area contributed by atoms with E-state index < -0.39 is 0 Å². The molecule has 2 unspecified atom stereocenters. The van der Waals surface area contributed by atoms with Crippen LogP contribution in [0.2, 0.25) is 0 Å². The molecule has 1 amide bonds. The minimum atomic E-state index is -0.120. The van der Waals surface area contributed by atoms with Gasteiger partial charge in [0.2, 0.25) is 11.9 Å². The lowest BCUT2D eigenvalue weighted by molar-refractivity contribution is -0.115. The van der Waals surface area contributed by atoms with Crippen molar-refractivity contribution in [1.29, 1.82) is 5.26 Å². The maximum atomic E-state index is 12.2. The number of nitriles is 1. The molecule has 0 radical (unpaired) electrons. The summed E-state index contributed by atoms with van der Waals surface area (Å²) in [6.07, 6.45) is 10.7. The topological polar surface area (TPSA) is 130 Å². The van der Waals surface area contributed by atoms with Crippen molar-refractivity contribution in [2.24, 2.45) is 5.92 Å². The number of methoxy groups -OCH3 is 1. The summed E-state index contributed by atoms with van der Waals surface area (Å²) in [5.41, 5.74) is 3.14. The second-order valence-electron chi connectivity index (χ2n) is 9.44. The fourth-order valence-electron chi connectivity index (χ4n) is 4.69. The fraction of sp³-hybridized carbons (Fsp3) is 0.444. The molecule has 1 fully saturated rings. The average Bonchev–Trinajstić information content (AvgIpc) is 3.61. The number of amides is 1. The van der Waals surface area contributed by atoms with E-state index in [1.54, 1.807) is 19.5 Å². The van der Waals surface area contributed by atoms with Crippen LogP contribution >= 0.6 is 0 Å². The van der Waals surface area contributed by atoms with Crippen molar-refractivity contribution < 1.29 is 9.53 Å². The van der Waals surface area contributed by atoms with Gasteiger partial charge in [-0.25, -0.2) is 9.97 Å². The Kier molecular flexibility index (Phi) is 9.18. The summed E-state index contributed by atoms with van der Waals surface area (Å²) in [7, 11) is 1.63. The van der Waals surface area contributed by atoms with E-state index in [1.807, 2.05) is 48.1 Å². The number of nitrogens with zero attached hydrogens (tertiary/aromatic N) is 5. The third-order valence-electron chi connectivity index (χ3n) is 6.59. The summed E-state index contributed by atoms with van der Waals surface area (Å²) >= 11 is 0. The van der Waals surface area contributed by atoms with E-state index in [1.165, 1.54) is 12.8 Å². The van der Waals surface area contributed by atoms with Crippen LogP contribution in [0.3, 0.4) is 0 Å². The van der Waals surface area contributed by atoms with Crippen LogP contribution in [0, 0.1) is 17.2 Å². The van der Waals surface area contributed by atoms with Crippen molar-refractivity contribution in [2.45, 2.75) is 51.1 Å². The molecule has 1 aliphatic carbocycles. The molecule has 10 nitrogen and oxygen atoms in total. The first-order valence-electron chi connectivity index (χ1n) is 12.7. The van der Waals surface area contributed by atoms with Crippen LogP contribution < -0.4 is 16.0 Å². The van der Waals surface area contributed by atoms with Crippen LogP contribution in [0.4, 0.5) is 17.3 Å². The highest BCUT2D eigenvalue weighted by Gasteiger charge is 2.27. The van der Waals surface area contributed by atoms with Gasteiger partial charge in [0.15, 0.2) is 0 Å². The quantitative estimate of drug-likeness (QED) is 0.334. The normalized spacial score (nSPS) is 15.2. The van der Waals surface area contributed by atoms with Crippen LogP contribution in [0.1, 0.15) is 45.1 Å². The van der Waals surface area contributed by atoms with Crippen molar-refractivity contribution in [3.05, 3.63) is 48.9 Å². The summed E-state index contributed by atoms with van der Waals surface area (Å²) in [5.74, 6) is 0.839. The zero-order valence-corrected chi connectivity index (χ0v) is 21.4. The number of benzene rings is 1. The number of hydrogen-bond donors (Lipinski definition) is 3. The molecular formula is C27H34N8O2. The molecule has 0 bridgehead atoms. The highest BCUT2D eigenvalue weighted by molar-refractivity contribution is 5.92. The Balaban J connectivity index is 1.36. The van der Waals surface area contributed by atoms with Gasteiger partial charge in [-0.3, -0.25) is 9.48 Å². The van der Waals surface area contributed by atoms with Gasteiger partial charge in [-0.15, -0.1) is 0 Å². The molecule has 3 aromatic rings. The summed E-state index contributed by atoms with van der Waals surface area (Å²) in [6, 6.07) is 11.7. The van der Waals surface area contributed by atoms with E-state index in [0.717, 1.165) is 29.8 Å². The van der Waals surface area contributed by atoms with E-state index in [9.17, 15) is 10.1 Å². The summed E-state index contributed by atoms with van der Waals surface area (Å²) in [6.45, 7) is 2.71. The van der Waals surface area contributed by atoms with E-state index >= 15 is 0 Å². The summed E-state index contributed by atoms with van der Waals surface area (Å²) in [5, 5.41) is 23.1. The Morgan fingerprint density at radius 2 is 1.97 bits per heavy atom. The average molecular weight is 503 g/mol. The molecule has 0 saturated heterocycles. The van der Waals surface area contributed by atoms with Gasteiger partial charge in [0.1, 0.15) is 0 Å². The minimum absolute atomic E-state index is 0.0960. The molecule has 1 saturated carbocycles. The predicted octanol–water partition coefficient (Wildman–Crippen LogP) is 4.29. The van der Waals surface area contributed by atoms with E-state index in [0.29, 0.717) is 30.6 Å². The Bertz CT molecular complexity index is 1200. The molecule has 2 atom stereocenters. The lowest BCUT2D eigenvalue weighted by Crippen LogP contribution is -2.36. The molecule has 2 aromatic heterocycles. The second-order valence-corrected chi connectivity index (χ2v) is 9.44. The van der Waals surface area contributed by atoms with E-state index in [2.05, 4.69) is 37.1 Å². The van der Waals surface area contributed by atoms with Crippen LogP contribution in [0.5, 0.6) is 0 Å². The Morgan fingerprint density at radius 1 is 1.22 bits per heavy atom. The molecule has 0 spiro atoms. The lowest BCUT2D eigenvalue weighted by Gasteiger charge is -2.21. The smallest absolute Gasteiger partial charge is 0.238 e. The largest absolute Gasteiger partial charge is 0.383 e. The van der Waals surface area contributed by atoms with Gasteiger partial charge in [-0.05, 0) is 56.0 Å². The first-order chi connectivity index (χ1) is 18.1. The Hall–Kier alpha value is -3.81. The fourth-order valence-corrected chi connectivity index (χ4v) is 4.69. The van der Waals surface area contributed by atoms with E-state index in [4.69, 9.17) is 4.74 Å². The highest BCUT2D eigenvalue weighted by atomic mass is 16.5. The molecule has 194 valence electrons. The number of rotatable bonds is 12. The van der Waals surface area contributed by atoms with Crippen molar-refractivity contribution in [2.75, 3.05) is 30.9 Å². The standard InChI is InChI=1S/C27H34N8O2/c1-19(18-37-2)30-16-26(36)32-22-7-9-23(10-8-22)33-27-29-14-12-24(34-27)21-15-31-35(17-21)25(11-13-28)20-5-3-4-6-20/h7-10,12,14-15,17,19-20,25,30H,3-6,11,16,18H2,1-2H3,(H,32,36)(H,29,33,34). The molecule has 4 rings (SSSR count). The minimum Gasteiger partial charge on any atom is -0.383 e. The molecule has 2 heterocycles. The predicted molar refractivity (Wildman–Crippen MR) is 142 cm³/mol. The zero-order valence-electron chi connectivity index (χ0n) is 21.4. The number of anilines is 3. The molecule has 1 aliphatic rings. The van der Waals surface area contributed by atoms with Gasteiger partial charge < -0.3 is 20.7 Å². The maximum absolute atomic E-state index is 12.2. The number of aromatic nitrogens is 4. The van der Waals surface area contributed by atoms with Gasteiger partial charge >= 0.3 is 0 Å². The third kappa shape index (κ3) is 7.35. The Morgan fingerprint density at radius 3 is 2.70 bits per heavy atom. The first-order valence-corrected chi connectivity index (χ1v) is 12.7. The number of hydrogen-bond acceptors (Lipinski definition) is 8. The van der Waals surface area contributed by atoms with Crippen molar-refractivity contribution in [3.63, 3.8) is 0 Å². The highest BCUT2D eigenvalue weighted by Crippen LogP contribution is 2.36. The van der Waals surface area contributed by atoms with Gasteiger partial charge in [-0.1, -0.05) is 12.8 Å². The second kappa shape index (κ2) is 12.9. The van der Waals surface area contributed by atoms with Crippen LogP contribution in [-0.4, -0.2) is 52.0 Å². The number of carbonyl (C=O) groups excluding carboxylic acids is 1. The molecule has 10 heteroatoms. The van der Waals surface area contributed by atoms with Crippen LogP contribution in [-0.2, 0) is 9.53 Å². The molecular weight excluding hydrogens is 468 g/mol. The van der Waals surface area contributed by atoms with Gasteiger partial charge in [0, 0.05) is 42.5 Å². The summed E-state index contributed by atoms with van der Waals surface area (Å²) in [4.78, 5) is 21.1. The van der Waals surface area contributed by atoms with Crippen LogP contribution in [0.25, 0.3) is 11.3 Å². The molecule has 37 heavy (non-hydrogen) atoms.